The molecule has 1 N–H and O–H groups in total. The summed E-state index contributed by atoms with van der Waals surface area (Å²) < 4.78 is 5.29. The molecule has 0 aliphatic heterocycles. The molecule has 5 nitrogen and oxygen atoms in total. The summed E-state index contributed by atoms with van der Waals surface area (Å²) in [7, 11) is 1.60. The lowest BCUT2D eigenvalue weighted by atomic mass is 9.98. The van der Waals surface area contributed by atoms with Crippen molar-refractivity contribution in [3.8, 4) is 5.75 Å². The molecule has 0 radical (unpaired) electrons. The van der Waals surface area contributed by atoms with Crippen LogP contribution in [0.25, 0.3) is 0 Å². The van der Waals surface area contributed by atoms with E-state index < -0.39 is 0 Å². The van der Waals surface area contributed by atoms with Crippen LogP contribution >= 0.6 is 0 Å². The summed E-state index contributed by atoms with van der Waals surface area (Å²) in [6, 6.07) is 4.77. The van der Waals surface area contributed by atoms with Crippen molar-refractivity contribution in [1.82, 2.24) is 5.32 Å². The van der Waals surface area contributed by atoms with E-state index in [4.69, 9.17) is 4.74 Å². The first kappa shape index (κ1) is 14.3. The zero-order chi connectivity index (χ0) is 14.8. The Labute approximate surface area is 124 Å². The number of hydrogen-bond acceptors (Lipinski definition) is 4. The molecule has 0 amide bonds. The van der Waals surface area contributed by atoms with Gasteiger partial charge in [-0.15, -0.1) is 0 Å². The number of methoxy groups -OCH3 is 1. The van der Waals surface area contributed by atoms with E-state index >= 15 is 0 Å². The van der Waals surface area contributed by atoms with E-state index in [9.17, 15) is 10.1 Å². The molecular weight excluding hydrogens is 268 g/mol. The van der Waals surface area contributed by atoms with Crippen LogP contribution in [-0.4, -0.2) is 18.6 Å². The summed E-state index contributed by atoms with van der Waals surface area (Å²) in [5.41, 5.74) is 0.977. The van der Waals surface area contributed by atoms with Crippen LogP contribution in [0.3, 0.4) is 0 Å². The predicted molar refractivity (Wildman–Crippen MR) is 80.3 cm³/mol. The van der Waals surface area contributed by atoms with Crippen LogP contribution < -0.4 is 10.1 Å². The first-order valence-electron chi connectivity index (χ1n) is 7.71. The van der Waals surface area contributed by atoms with Gasteiger partial charge in [0.05, 0.1) is 12.0 Å². The number of hydrogen-bond donors (Lipinski definition) is 1. The molecule has 2 aliphatic rings. The molecule has 114 valence electrons. The molecule has 0 unspecified atom stereocenters. The van der Waals surface area contributed by atoms with Crippen molar-refractivity contribution in [2.75, 3.05) is 13.7 Å². The minimum atomic E-state index is -0.361. The molecule has 2 saturated carbocycles. The van der Waals surface area contributed by atoms with E-state index in [1.807, 2.05) is 0 Å². The molecule has 21 heavy (non-hydrogen) atoms. The molecule has 0 atom stereocenters. The van der Waals surface area contributed by atoms with E-state index in [0.29, 0.717) is 12.3 Å². The maximum absolute atomic E-state index is 10.9. The number of nitro groups is 1. The smallest absolute Gasteiger partial charge is 0.270 e. The third-order valence-electron chi connectivity index (χ3n) is 4.63. The Bertz CT molecular complexity index is 512. The summed E-state index contributed by atoms with van der Waals surface area (Å²) in [5.74, 6) is 3.34. The van der Waals surface area contributed by atoms with Gasteiger partial charge in [0.1, 0.15) is 5.75 Å². The Morgan fingerprint density at radius 1 is 1.33 bits per heavy atom. The highest BCUT2D eigenvalue weighted by Crippen LogP contribution is 2.48. The molecule has 2 aliphatic carbocycles. The van der Waals surface area contributed by atoms with E-state index in [1.54, 1.807) is 19.2 Å². The molecular formula is C16H22N2O3. The molecule has 0 spiro atoms. The van der Waals surface area contributed by atoms with Crippen molar-refractivity contribution in [3.05, 3.63) is 33.9 Å². The van der Waals surface area contributed by atoms with Gasteiger partial charge in [0, 0.05) is 24.2 Å². The number of ether oxygens (including phenoxy) is 1. The monoisotopic (exact) mass is 290 g/mol. The molecule has 0 bridgehead atoms. The number of rotatable bonds is 8. The fourth-order valence-corrected chi connectivity index (χ4v) is 3.16. The lowest BCUT2D eigenvalue weighted by molar-refractivity contribution is -0.384. The Morgan fingerprint density at radius 3 is 2.52 bits per heavy atom. The third-order valence-corrected chi connectivity index (χ3v) is 4.63. The second-order valence-corrected chi connectivity index (χ2v) is 6.22. The Kier molecular flexibility index (Phi) is 4.10. The minimum absolute atomic E-state index is 0.119. The highest BCUT2D eigenvalue weighted by Gasteiger charge is 2.40. The van der Waals surface area contributed by atoms with Crippen molar-refractivity contribution in [2.24, 2.45) is 17.8 Å². The average Bonchev–Trinajstić information content (AvgIpc) is 3.37. The van der Waals surface area contributed by atoms with Crippen molar-refractivity contribution in [3.63, 3.8) is 0 Å². The number of nitrogens with one attached hydrogen (secondary N) is 1. The molecule has 0 heterocycles. The van der Waals surface area contributed by atoms with Gasteiger partial charge in [-0.05, 0) is 56.0 Å². The summed E-state index contributed by atoms with van der Waals surface area (Å²) >= 11 is 0. The van der Waals surface area contributed by atoms with E-state index in [0.717, 1.165) is 29.9 Å². The largest absolute Gasteiger partial charge is 0.496 e. The molecule has 1 aromatic carbocycles. The first-order chi connectivity index (χ1) is 10.2. The summed E-state index contributed by atoms with van der Waals surface area (Å²) in [6.45, 7) is 1.64. The highest BCUT2D eigenvalue weighted by atomic mass is 16.6. The van der Waals surface area contributed by atoms with Gasteiger partial charge in [0.25, 0.3) is 5.69 Å². The fraction of sp³-hybridized carbons (Fsp3) is 0.625. The zero-order valence-electron chi connectivity index (χ0n) is 12.4. The van der Waals surface area contributed by atoms with Crippen LogP contribution in [-0.2, 0) is 6.54 Å². The average molecular weight is 290 g/mol. The second-order valence-electron chi connectivity index (χ2n) is 6.22. The molecule has 5 heteroatoms. The van der Waals surface area contributed by atoms with Crippen LogP contribution in [0.5, 0.6) is 5.75 Å². The number of non-ortho nitro benzene ring substituents is 1. The topological polar surface area (TPSA) is 64.4 Å². The summed E-state index contributed by atoms with van der Waals surface area (Å²) in [4.78, 5) is 10.5. The third kappa shape index (κ3) is 3.53. The van der Waals surface area contributed by atoms with Crippen LogP contribution in [0.1, 0.15) is 31.2 Å². The fourth-order valence-electron chi connectivity index (χ4n) is 3.16. The zero-order valence-corrected chi connectivity index (χ0v) is 12.4. The highest BCUT2D eigenvalue weighted by molar-refractivity contribution is 5.43. The molecule has 3 rings (SSSR count). The van der Waals surface area contributed by atoms with Crippen LogP contribution in [0.15, 0.2) is 18.2 Å². The minimum Gasteiger partial charge on any atom is -0.496 e. The van der Waals surface area contributed by atoms with Gasteiger partial charge < -0.3 is 10.1 Å². The Hall–Kier alpha value is -1.62. The van der Waals surface area contributed by atoms with E-state index in [1.165, 1.54) is 31.7 Å². The summed E-state index contributed by atoms with van der Waals surface area (Å²) in [6.07, 6.45) is 5.51. The maximum atomic E-state index is 10.9. The first-order valence-corrected chi connectivity index (χ1v) is 7.71. The molecule has 2 fully saturated rings. The second kappa shape index (κ2) is 6.02. The van der Waals surface area contributed by atoms with Gasteiger partial charge in [-0.3, -0.25) is 10.1 Å². The van der Waals surface area contributed by atoms with Gasteiger partial charge in [-0.2, -0.15) is 0 Å². The normalized spacial score (nSPS) is 18.0. The van der Waals surface area contributed by atoms with Gasteiger partial charge in [-0.1, -0.05) is 0 Å². The van der Waals surface area contributed by atoms with Crippen molar-refractivity contribution in [1.29, 1.82) is 0 Å². The van der Waals surface area contributed by atoms with E-state index in [2.05, 4.69) is 5.32 Å². The van der Waals surface area contributed by atoms with Crippen molar-refractivity contribution >= 4 is 5.69 Å². The van der Waals surface area contributed by atoms with Crippen LogP contribution in [0.4, 0.5) is 5.69 Å². The predicted octanol–water partition coefficient (Wildman–Crippen LogP) is 3.13. The van der Waals surface area contributed by atoms with Gasteiger partial charge in [-0.25, -0.2) is 0 Å². The van der Waals surface area contributed by atoms with Crippen LogP contribution in [0.2, 0.25) is 0 Å². The van der Waals surface area contributed by atoms with Gasteiger partial charge >= 0.3 is 0 Å². The Balaban J connectivity index is 1.60. The van der Waals surface area contributed by atoms with E-state index in [-0.39, 0.29) is 10.6 Å². The van der Waals surface area contributed by atoms with Crippen molar-refractivity contribution < 1.29 is 9.66 Å². The Morgan fingerprint density at radius 2 is 2.00 bits per heavy atom. The SMILES string of the molecule is COc1ccc([N+](=O)[O-])cc1CNCC(C1CC1)C1CC1. The lowest BCUT2D eigenvalue weighted by Crippen LogP contribution is -2.25. The van der Waals surface area contributed by atoms with Gasteiger partial charge in [0.15, 0.2) is 0 Å². The standard InChI is InChI=1S/C16H22N2O3/c1-21-16-7-6-14(18(19)20)8-13(16)9-17-10-15(11-2-3-11)12-4-5-12/h6-8,11-12,15,17H,2-5,9-10H2,1H3. The molecule has 0 saturated heterocycles. The molecule has 1 aromatic rings. The van der Waals surface area contributed by atoms with Crippen LogP contribution in [0, 0.1) is 27.9 Å². The molecule has 0 aromatic heterocycles. The maximum Gasteiger partial charge on any atom is 0.270 e. The lowest BCUT2D eigenvalue weighted by Gasteiger charge is -2.17. The quantitative estimate of drug-likeness (QED) is 0.590. The number of benzene rings is 1. The van der Waals surface area contributed by atoms with Gasteiger partial charge in [0.2, 0.25) is 0 Å². The summed E-state index contributed by atoms with van der Waals surface area (Å²) in [5, 5.41) is 14.4. The number of nitrogens with zero attached hydrogens (tertiary/aromatic N) is 1. The number of nitro benzene ring substituents is 1. The van der Waals surface area contributed by atoms with Crippen molar-refractivity contribution in [2.45, 2.75) is 32.2 Å².